The lowest BCUT2D eigenvalue weighted by Crippen LogP contribution is -2.54. The van der Waals surface area contributed by atoms with E-state index in [-0.39, 0.29) is 6.61 Å². The van der Waals surface area contributed by atoms with Crippen molar-refractivity contribution in [1.82, 2.24) is 0 Å². The second-order valence-corrected chi connectivity index (χ2v) is 2.74. The van der Waals surface area contributed by atoms with Crippen LogP contribution in [0, 0.1) is 0 Å². The summed E-state index contributed by atoms with van der Waals surface area (Å²) in [6, 6.07) is 0. The van der Waals surface area contributed by atoms with Gasteiger partial charge in [0.25, 0.3) is 0 Å². The van der Waals surface area contributed by atoms with Crippen molar-refractivity contribution in [2.24, 2.45) is 0 Å². The van der Waals surface area contributed by atoms with E-state index in [9.17, 15) is 10.2 Å². The van der Waals surface area contributed by atoms with Crippen molar-refractivity contribution < 1.29 is 26.2 Å². The number of aliphatic hydroxyl groups is 3. The number of hydrogen-bond donors (Lipinski definition) is 3. The van der Waals surface area contributed by atoms with Gasteiger partial charge in [0.05, 0.1) is 14.6 Å². The van der Waals surface area contributed by atoms with Gasteiger partial charge in [-0.3, -0.25) is 0 Å². The second-order valence-electron chi connectivity index (χ2n) is 2.74. The zero-order valence-electron chi connectivity index (χ0n) is 7.75. The molecule has 1 heterocycles. The Morgan fingerprint density at radius 2 is 2.17 bits per heavy atom. The van der Waals surface area contributed by atoms with E-state index in [1.807, 2.05) is 0 Å². The maximum atomic E-state index is 9.36. The van der Waals surface area contributed by atoms with Gasteiger partial charge in [0.15, 0.2) is 0 Å². The molecule has 0 amide bonds. The Balaban J connectivity index is 2.59. The van der Waals surface area contributed by atoms with E-state index >= 15 is 0 Å². The maximum Gasteiger partial charge on any atom is 0.111 e. The molecule has 72 valence electrons. The zero-order valence-corrected chi connectivity index (χ0v) is 6.75. The van der Waals surface area contributed by atoms with Gasteiger partial charge < -0.3 is 24.8 Å². The Kier molecular flexibility index (Phi) is 2.91. The summed E-state index contributed by atoms with van der Waals surface area (Å²) in [6.07, 6.45) is -4.69. The van der Waals surface area contributed by atoms with E-state index < -0.39 is 31.0 Å². The van der Waals surface area contributed by atoms with Crippen LogP contribution in [0.1, 0.15) is 1.37 Å². The fourth-order valence-corrected chi connectivity index (χ4v) is 1.07. The molecule has 0 aromatic heterocycles. The van der Waals surface area contributed by atoms with E-state index in [0.29, 0.717) is 0 Å². The molecule has 0 bridgehead atoms. The number of hydrogen-bond acceptors (Lipinski definition) is 5. The third kappa shape index (κ3) is 1.94. The monoisotopic (exact) mass is 179 g/mol. The highest BCUT2D eigenvalue weighted by Crippen LogP contribution is 2.15. The van der Waals surface area contributed by atoms with Crippen LogP contribution in [0.5, 0.6) is 0 Å². The van der Waals surface area contributed by atoms with Gasteiger partial charge in [-0.1, -0.05) is 0 Å². The van der Waals surface area contributed by atoms with Crippen LogP contribution in [0.25, 0.3) is 0 Å². The molecular weight excluding hydrogens is 164 g/mol. The first-order chi connectivity index (χ1) is 6.07. The average molecular weight is 179 g/mol. The molecule has 1 saturated heterocycles. The molecule has 5 heteroatoms. The summed E-state index contributed by atoms with van der Waals surface area (Å²) in [5, 5.41) is 27.8. The van der Waals surface area contributed by atoms with Gasteiger partial charge in [0.2, 0.25) is 0 Å². The predicted octanol–water partition coefficient (Wildman–Crippen LogP) is -1.89. The van der Waals surface area contributed by atoms with Crippen molar-refractivity contribution in [2.75, 3.05) is 20.3 Å². The summed E-state index contributed by atoms with van der Waals surface area (Å²) < 4.78 is 16.8. The molecule has 1 fully saturated rings. The van der Waals surface area contributed by atoms with E-state index in [4.69, 9.17) is 16.0 Å². The molecule has 0 aliphatic carbocycles. The van der Waals surface area contributed by atoms with Crippen molar-refractivity contribution in [3.63, 3.8) is 0 Å². The topological polar surface area (TPSA) is 79.2 Å². The van der Waals surface area contributed by atoms with Gasteiger partial charge in [-0.15, -0.1) is 0 Å². The van der Waals surface area contributed by atoms with Gasteiger partial charge in [-0.25, -0.2) is 0 Å². The van der Waals surface area contributed by atoms with Crippen molar-refractivity contribution in [3.8, 4) is 0 Å². The van der Waals surface area contributed by atoms with Crippen LogP contribution < -0.4 is 0 Å². The van der Waals surface area contributed by atoms with Crippen molar-refractivity contribution in [2.45, 2.75) is 24.4 Å². The molecule has 1 aliphatic heterocycles. The van der Waals surface area contributed by atoms with Crippen LogP contribution in [0.15, 0.2) is 0 Å². The van der Waals surface area contributed by atoms with Crippen LogP contribution in [-0.2, 0) is 9.47 Å². The van der Waals surface area contributed by atoms with Gasteiger partial charge in [-0.05, 0) is 0 Å². The highest BCUT2D eigenvalue weighted by molar-refractivity contribution is 4.86. The number of rotatable bonds is 2. The minimum absolute atomic E-state index is 0.0837. The quantitative estimate of drug-likeness (QED) is 0.462. The third-order valence-electron chi connectivity index (χ3n) is 1.80. The van der Waals surface area contributed by atoms with E-state index in [1.165, 1.54) is 7.11 Å². The Morgan fingerprint density at radius 3 is 2.75 bits per heavy atom. The molecule has 0 aromatic rings. The van der Waals surface area contributed by atoms with Crippen LogP contribution in [-0.4, -0.2) is 60.0 Å². The second kappa shape index (κ2) is 4.15. The lowest BCUT2D eigenvalue weighted by atomic mass is 10.0. The Bertz CT molecular complexity index is 167. The highest BCUT2D eigenvalue weighted by atomic mass is 16.6. The fourth-order valence-electron chi connectivity index (χ4n) is 1.07. The van der Waals surface area contributed by atoms with Gasteiger partial charge >= 0.3 is 0 Å². The molecule has 5 atom stereocenters. The molecule has 0 radical (unpaired) electrons. The van der Waals surface area contributed by atoms with E-state index in [2.05, 4.69) is 0 Å². The molecule has 0 spiro atoms. The lowest BCUT2D eigenvalue weighted by molar-refractivity contribution is -0.197. The van der Waals surface area contributed by atoms with Crippen LogP contribution in [0.2, 0.25) is 0 Å². The Hall–Kier alpha value is -0.200. The lowest BCUT2D eigenvalue weighted by Gasteiger charge is -2.34. The molecular formula is C7H14O5. The Morgan fingerprint density at radius 1 is 1.50 bits per heavy atom. The molecule has 1 rings (SSSR count). The van der Waals surface area contributed by atoms with Crippen molar-refractivity contribution in [1.29, 1.82) is 0 Å². The summed E-state index contributed by atoms with van der Waals surface area (Å²) in [5.41, 5.74) is 0. The number of ether oxygens (including phenoxy) is 2. The largest absolute Gasteiger partial charge is 0.388 e. The Labute approximate surface area is 71.9 Å². The minimum Gasteiger partial charge on any atom is -0.388 e. The first-order valence-electron chi connectivity index (χ1n) is 4.26. The number of methoxy groups -OCH3 is 1. The minimum atomic E-state index is -1.37. The summed E-state index contributed by atoms with van der Waals surface area (Å²) in [7, 11) is 1.42. The molecule has 1 aliphatic rings. The van der Waals surface area contributed by atoms with Gasteiger partial charge in [0.1, 0.15) is 24.4 Å². The average Bonchev–Trinajstić information content (AvgIpc) is 2.11. The molecule has 12 heavy (non-hydrogen) atoms. The fraction of sp³-hybridized carbons (Fsp3) is 1.00. The smallest absolute Gasteiger partial charge is 0.111 e. The van der Waals surface area contributed by atoms with Crippen molar-refractivity contribution in [3.05, 3.63) is 0 Å². The summed E-state index contributed by atoms with van der Waals surface area (Å²) in [6.45, 7) is -1.15. The third-order valence-corrected chi connectivity index (χ3v) is 1.80. The van der Waals surface area contributed by atoms with E-state index in [1.54, 1.807) is 0 Å². The van der Waals surface area contributed by atoms with Gasteiger partial charge in [-0.2, -0.15) is 0 Å². The molecule has 0 saturated carbocycles. The SMILES string of the molecule is [2H]C1OC(COC)C(O)C(O)C1O. The van der Waals surface area contributed by atoms with Crippen molar-refractivity contribution >= 4 is 0 Å². The van der Waals surface area contributed by atoms with Crippen LogP contribution in [0.3, 0.4) is 0 Å². The molecule has 5 unspecified atom stereocenters. The van der Waals surface area contributed by atoms with E-state index in [0.717, 1.165) is 0 Å². The summed E-state index contributed by atoms with van der Waals surface area (Å²) >= 11 is 0. The summed E-state index contributed by atoms with van der Waals surface area (Å²) in [5.74, 6) is 0. The first-order valence-corrected chi connectivity index (χ1v) is 3.68. The highest BCUT2D eigenvalue weighted by Gasteiger charge is 2.37. The van der Waals surface area contributed by atoms with Gasteiger partial charge in [0, 0.05) is 7.11 Å². The number of aliphatic hydroxyl groups excluding tert-OH is 3. The maximum absolute atomic E-state index is 9.36. The van der Waals surface area contributed by atoms with Crippen LogP contribution >= 0.6 is 0 Å². The molecule has 0 aromatic carbocycles. The molecule has 5 nitrogen and oxygen atoms in total. The normalized spacial score (nSPS) is 50.3. The molecule has 3 N–H and O–H groups in total. The first kappa shape index (κ1) is 8.40. The summed E-state index contributed by atoms with van der Waals surface area (Å²) in [4.78, 5) is 0. The standard InChI is InChI=1S/C7H14O5/c1-11-3-5-7(10)6(9)4(8)2-12-5/h4-10H,2-3H2,1H3/i2D. The zero-order chi connectivity index (χ0) is 10.0. The predicted molar refractivity (Wildman–Crippen MR) is 39.6 cm³/mol. The van der Waals surface area contributed by atoms with Crippen LogP contribution in [0.4, 0.5) is 0 Å².